The lowest BCUT2D eigenvalue weighted by molar-refractivity contribution is -0.385. The maximum atomic E-state index is 13.5. The van der Waals surface area contributed by atoms with Gasteiger partial charge in [0.1, 0.15) is 24.3 Å². The minimum absolute atomic E-state index is 0.101. The molecule has 0 fully saturated rings. The van der Waals surface area contributed by atoms with Crippen LogP contribution in [0, 0.1) is 22.9 Å². The third-order valence-electron chi connectivity index (χ3n) is 3.04. The number of ether oxygens (including phenoxy) is 1. The molecular formula is C15H14FNO4. The van der Waals surface area contributed by atoms with Crippen LogP contribution in [0.3, 0.4) is 0 Å². The molecule has 0 saturated carbocycles. The Bertz CT molecular complexity index is 660. The number of non-ortho nitro benzene ring substituents is 1. The van der Waals surface area contributed by atoms with Crippen LogP contribution >= 0.6 is 0 Å². The maximum Gasteiger partial charge on any atom is 0.273 e. The Morgan fingerprint density at radius 2 is 2.05 bits per heavy atom. The zero-order valence-corrected chi connectivity index (χ0v) is 11.3. The summed E-state index contributed by atoms with van der Waals surface area (Å²) in [7, 11) is 0. The highest BCUT2D eigenvalue weighted by Gasteiger charge is 2.15. The summed E-state index contributed by atoms with van der Waals surface area (Å²) in [5.41, 5.74) is 0.720. The molecule has 0 spiro atoms. The van der Waals surface area contributed by atoms with E-state index in [0.29, 0.717) is 11.3 Å². The number of hydrogen-bond acceptors (Lipinski definition) is 4. The van der Waals surface area contributed by atoms with Gasteiger partial charge in [0, 0.05) is 11.6 Å². The van der Waals surface area contributed by atoms with Gasteiger partial charge in [-0.15, -0.1) is 0 Å². The van der Waals surface area contributed by atoms with Gasteiger partial charge in [0.15, 0.2) is 0 Å². The molecule has 110 valence electrons. The second kappa shape index (κ2) is 6.32. The third kappa shape index (κ3) is 3.55. The molecule has 0 aliphatic heterocycles. The van der Waals surface area contributed by atoms with Crippen LogP contribution in [0.1, 0.15) is 17.2 Å². The number of aryl methyl sites for hydroxylation is 1. The van der Waals surface area contributed by atoms with Crippen molar-refractivity contribution < 1.29 is 19.2 Å². The molecular weight excluding hydrogens is 277 g/mol. The molecule has 5 nitrogen and oxygen atoms in total. The molecule has 0 radical (unpaired) electrons. The van der Waals surface area contributed by atoms with Crippen molar-refractivity contribution in [1.82, 2.24) is 0 Å². The largest absolute Gasteiger partial charge is 0.490 e. The number of aliphatic hydroxyl groups excluding tert-OH is 1. The van der Waals surface area contributed by atoms with E-state index in [1.165, 1.54) is 30.3 Å². The molecule has 1 atom stereocenters. The van der Waals surface area contributed by atoms with E-state index >= 15 is 0 Å². The van der Waals surface area contributed by atoms with E-state index in [-0.39, 0.29) is 17.9 Å². The average Bonchev–Trinajstić information content (AvgIpc) is 2.46. The van der Waals surface area contributed by atoms with Crippen LogP contribution in [-0.2, 0) is 0 Å². The van der Waals surface area contributed by atoms with Crippen molar-refractivity contribution in [2.24, 2.45) is 0 Å². The summed E-state index contributed by atoms with van der Waals surface area (Å²) < 4.78 is 18.9. The number of nitrogens with zero attached hydrogens (tertiary/aromatic N) is 1. The highest BCUT2D eigenvalue weighted by Crippen LogP contribution is 2.25. The zero-order valence-electron chi connectivity index (χ0n) is 11.3. The van der Waals surface area contributed by atoms with Gasteiger partial charge in [0.2, 0.25) is 0 Å². The summed E-state index contributed by atoms with van der Waals surface area (Å²) >= 11 is 0. The first kappa shape index (κ1) is 14.9. The van der Waals surface area contributed by atoms with Gasteiger partial charge in [0.25, 0.3) is 5.69 Å². The minimum atomic E-state index is -1.15. The highest BCUT2D eigenvalue weighted by atomic mass is 19.1. The van der Waals surface area contributed by atoms with E-state index in [1.54, 1.807) is 19.1 Å². The monoisotopic (exact) mass is 291 g/mol. The van der Waals surface area contributed by atoms with Gasteiger partial charge in [-0.3, -0.25) is 10.1 Å². The van der Waals surface area contributed by atoms with Crippen molar-refractivity contribution in [3.8, 4) is 5.75 Å². The molecule has 2 aromatic rings. The zero-order chi connectivity index (χ0) is 15.4. The Morgan fingerprint density at radius 1 is 1.33 bits per heavy atom. The molecule has 0 bridgehead atoms. The lowest BCUT2D eigenvalue weighted by Crippen LogP contribution is -2.11. The molecule has 0 aliphatic carbocycles. The van der Waals surface area contributed by atoms with Gasteiger partial charge in [-0.25, -0.2) is 4.39 Å². The lowest BCUT2D eigenvalue weighted by Gasteiger charge is -2.14. The first-order valence-electron chi connectivity index (χ1n) is 6.29. The maximum absolute atomic E-state index is 13.5. The fraction of sp³-hybridized carbons (Fsp3) is 0.200. The molecule has 0 aromatic heterocycles. The highest BCUT2D eigenvalue weighted by molar-refractivity contribution is 5.43. The van der Waals surface area contributed by atoms with Gasteiger partial charge >= 0.3 is 0 Å². The fourth-order valence-corrected chi connectivity index (χ4v) is 1.86. The molecule has 1 unspecified atom stereocenters. The van der Waals surface area contributed by atoms with E-state index in [9.17, 15) is 19.6 Å². The Balaban J connectivity index is 2.11. The van der Waals surface area contributed by atoms with Crippen LogP contribution in [0.4, 0.5) is 10.1 Å². The summed E-state index contributed by atoms with van der Waals surface area (Å²) in [5, 5.41) is 20.7. The van der Waals surface area contributed by atoms with Crippen molar-refractivity contribution in [2.75, 3.05) is 6.61 Å². The molecule has 21 heavy (non-hydrogen) atoms. The van der Waals surface area contributed by atoms with Crippen LogP contribution in [0.5, 0.6) is 5.75 Å². The smallest absolute Gasteiger partial charge is 0.273 e. The molecule has 0 heterocycles. The Labute approximate surface area is 120 Å². The Kier molecular flexibility index (Phi) is 4.49. The Hall–Kier alpha value is -2.47. The Morgan fingerprint density at radius 3 is 2.71 bits per heavy atom. The van der Waals surface area contributed by atoms with E-state index < -0.39 is 16.8 Å². The number of halogens is 1. The van der Waals surface area contributed by atoms with Crippen LogP contribution in [0.2, 0.25) is 0 Å². The van der Waals surface area contributed by atoms with Gasteiger partial charge in [-0.2, -0.15) is 0 Å². The third-order valence-corrected chi connectivity index (χ3v) is 3.04. The van der Waals surface area contributed by atoms with Crippen LogP contribution in [0.25, 0.3) is 0 Å². The fourth-order valence-electron chi connectivity index (χ4n) is 1.86. The molecule has 2 rings (SSSR count). The van der Waals surface area contributed by atoms with Crippen molar-refractivity contribution >= 4 is 5.69 Å². The number of hydrogen-bond donors (Lipinski definition) is 1. The predicted octanol–water partition coefficient (Wildman–Crippen LogP) is 3.15. The van der Waals surface area contributed by atoms with E-state index in [2.05, 4.69) is 0 Å². The van der Waals surface area contributed by atoms with Crippen LogP contribution in [-0.4, -0.2) is 16.6 Å². The molecule has 0 saturated heterocycles. The number of rotatable bonds is 5. The summed E-state index contributed by atoms with van der Waals surface area (Å²) in [6.07, 6.45) is -1.15. The van der Waals surface area contributed by atoms with E-state index in [0.717, 1.165) is 0 Å². The summed E-state index contributed by atoms with van der Waals surface area (Å²) in [4.78, 5) is 10.2. The summed E-state index contributed by atoms with van der Waals surface area (Å²) in [6.45, 7) is 1.54. The molecule has 1 N–H and O–H groups in total. The second-order valence-electron chi connectivity index (χ2n) is 4.56. The molecule has 6 heteroatoms. The van der Waals surface area contributed by atoms with Gasteiger partial charge in [-0.1, -0.05) is 18.2 Å². The average molecular weight is 291 g/mol. The molecule has 0 aliphatic rings. The van der Waals surface area contributed by atoms with E-state index in [4.69, 9.17) is 4.74 Å². The number of benzene rings is 2. The summed E-state index contributed by atoms with van der Waals surface area (Å²) in [5.74, 6) is -0.232. The minimum Gasteiger partial charge on any atom is -0.490 e. The first-order valence-corrected chi connectivity index (χ1v) is 6.29. The normalized spacial score (nSPS) is 12.0. The second-order valence-corrected chi connectivity index (χ2v) is 4.56. The summed E-state index contributed by atoms with van der Waals surface area (Å²) in [6, 6.07) is 10.1. The predicted molar refractivity (Wildman–Crippen MR) is 74.7 cm³/mol. The van der Waals surface area contributed by atoms with Crippen molar-refractivity contribution in [2.45, 2.75) is 13.0 Å². The SMILES string of the molecule is Cc1ccc([N+](=O)[O-])cc1OCC(O)c1ccccc1F. The topological polar surface area (TPSA) is 72.6 Å². The first-order chi connectivity index (χ1) is 9.99. The van der Waals surface area contributed by atoms with Crippen LogP contribution in [0.15, 0.2) is 42.5 Å². The van der Waals surface area contributed by atoms with Crippen molar-refractivity contribution in [1.29, 1.82) is 0 Å². The quantitative estimate of drug-likeness (QED) is 0.678. The van der Waals surface area contributed by atoms with Crippen LogP contribution < -0.4 is 4.74 Å². The van der Waals surface area contributed by atoms with Crippen molar-refractivity contribution in [3.63, 3.8) is 0 Å². The van der Waals surface area contributed by atoms with Crippen molar-refractivity contribution in [3.05, 3.63) is 69.5 Å². The molecule has 0 amide bonds. The molecule has 2 aromatic carbocycles. The lowest BCUT2D eigenvalue weighted by atomic mass is 10.1. The number of nitro groups is 1. The van der Waals surface area contributed by atoms with E-state index in [1.807, 2.05) is 0 Å². The number of aliphatic hydroxyl groups is 1. The van der Waals surface area contributed by atoms with Gasteiger partial charge < -0.3 is 9.84 Å². The van der Waals surface area contributed by atoms with Gasteiger partial charge in [-0.05, 0) is 24.6 Å². The standard InChI is InChI=1S/C15H14FNO4/c1-10-6-7-11(17(19)20)8-15(10)21-9-14(18)12-4-2-3-5-13(12)16/h2-8,14,18H,9H2,1H3. The number of nitro benzene ring substituents is 1. The van der Waals surface area contributed by atoms with Gasteiger partial charge in [0.05, 0.1) is 11.0 Å².